The number of fused-ring (bicyclic) bond motifs is 1. The van der Waals surface area contributed by atoms with Crippen molar-refractivity contribution in [2.75, 3.05) is 14.2 Å². The molecule has 134 valence electrons. The molecular weight excluding hydrogens is 312 g/mol. The van der Waals surface area contributed by atoms with Gasteiger partial charge in [0, 0.05) is 11.3 Å². The van der Waals surface area contributed by atoms with Gasteiger partial charge in [-0.1, -0.05) is 39.3 Å². The van der Waals surface area contributed by atoms with Crippen LogP contribution in [0.3, 0.4) is 0 Å². The lowest BCUT2D eigenvalue weighted by atomic mass is 9.44. The summed E-state index contributed by atoms with van der Waals surface area (Å²) in [6.45, 7) is 6.96. The molecule has 0 amide bonds. The van der Waals surface area contributed by atoms with Crippen molar-refractivity contribution in [2.24, 2.45) is 16.2 Å². The Balaban J connectivity index is 1.89. The fourth-order valence-corrected chi connectivity index (χ4v) is 6.43. The van der Waals surface area contributed by atoms with E-state index in [1.165, 1.54) is 12.0 Å². The third-order valence-electron chi connectivity index (χ3n) is 7.60. The molecule has 3 atom stereocenters. The van der Waals surface area contributed by atoms with E-state index in [4.69, 9.17) is 9.47 Å². The molecule has 25 heavy (non-hydrogen) atoms. The van der Waals surface area contributed by atoms with Crippen molar-refractivity contribution in [1.82, 2.24) is 0 Å². The highest BCUT2D eigenvalue weighted by molar-refractivity contribution is 6.08. The van der Waals surface area contributed by atoms with Crippen molar-refractivity contribution >= 4 is 5.78 Å². The number of ketones is 1. The van der Waals surface area contributed by atoms with Crippen molar-refractivity contribution in [3.05, 3.63) is 35.4 Å². The molecule has 0 aromatic heterocycles. The molecule has 1 aromatic rings. The van der Waals surface area contributed by atoms with Gasteiger partial charge in [-0.25, -0.2) is 0 Å². The largest absolute Gasteiger partial charge is 0.493 e. The number of carbonyl (C=O) groups excluding carboxylic acids is 1. The second kappa shape index (κ2) is 5.12. The highest BCUT2D eigenvalue weighted by atomic mass is 16.5. The van der Waals surface area contributed by atoms with Crippen molar-refractivity contribution < 1.29 is 14.3 Å². The van der Waals surface area contributed by atoms with Crippen LogP contribution in [-0.2, 0) is 4.79 Å². The number of benzene rings is 1. The number of carbonyl (C=O) groups is 1. The van der Waals surface area contributed by atoms with Crippen LogP contribution in [0.1, 0.15) is 57.9 Å². The molecule has 2 fully saturated rings. The molecule has 1 spiro atoms. The van der Waals surface area contributed by atoms with Crippen molar-refractivity contribution in [3.63, 3.8) is 0 Å². The van der Waals surface area contributed by atoms with Gasteiger partial charge in [-0.3, -0.25) is 4.79 Å². The second-order valence-electron chi connectivity index (χ2n) is 8.80. The van der Waals surface area contributed by atoms with E-state index in [1.807, 2.05) is 6.07 Å². The molecule has 3 aliphatic carbocycles. The van der Waals surface area contributed by atoms with Gasteiger partial charge in [0.15, 0.2) is 17.3 Å². The minimum Gasteiger partial charge on any atom is -0.493 e. The van der Waals surface area contributed by atoms with Gasteiger partial charge in [0.25, 0.3) is 0 Å². The maximum Gasteiger partial charge on any atom is 0.166 e. The first-order valence-corrected chi connectivity index (χ1v) is 9.29. The smallest absolute Gasteiger partial charge is 0.166 e. The number of Topliss-reactive ketones (excluding diaryl/α,β-unsaturated/α-hetero) is 1. The van der Waals surface area contributed by atoms with E-state index in [0.29, 0.717) is 5.78 Å². The first kappa shape index (κ1) is 16.7. The van der Waals surface area contributed by atoms with Crippen LogP contribution in [0.15, 0.2) is 29.8 Å². The summed E-state index contributed by atoms with van der Waals surface area (Å²) in [7, 11) is 3.32. The van der Waals surface area contributed by atoms with Crippen molar-refractivity contribution in [1.29, 1.82) is 0 Å². The summed E-state index contributed by atoms with van der Waals surface area (Å²) >= 11 is 0. The molecule has 3 heteroatoms. The Bertz CT molecular complexity index is 775. The number of hydrogen-bond donors (Lipinski definition) is 0. The Labute approximate surface area is 150 Å². The van der Waals surface area contributed by atoms with Crippen LogP contribution in [0.2, 0.25) is 0 Å². The summed E-state index contributed by atoms with van der Waals surface area (Å²) in [5.74, 6) is 2.04. The molecular formula is C22H28O3. The summed E-state index contributed by atoms with van der Waals surface area (Å²) in [5.41, 5.74) is 1.99. The maximum absolute atomic E-state index is 13.5. The first-order valence-electron chi connectivity index (χ1n) is 9.29. The van der Waals surface area contributed by atoms with Crippen LogP contribution in [0.5, 0.6) is 11.5 Å². The van der Waals surface area contributed by atoms with Gasteiger partial charge in [0.2, 0.25) is 0 Å². The molecule has 0 N–H and O–H groups in total. The van der Waals surface area contributed by atoms with Crippen LogP contribution in [0, 0.1) is 16.2 Å². The highest BCUT2D eigenvalue weighted by Crippen LogP contribution is 2.75. The monoisotopic (exact) mass is 340 g/mol. The van der Waals surface area contributed by atoms with E-state index >= 15 is 0 Å². The Morgan fingerprint density at radius 1 is 1.04 bits per heavy atom. The van der Waals surface area contributed by atoms with Crippen LogP contribution >= 0.6 is 0 Å². The van der Waals surface area contributed by atoms with Gasteiger partial charge in [-0.15, -0.1) is 0 Å². The predicted octanol–water partition coefficient (Wildman–Crippen LogP) is 4.90. The zero-order valence-electron chi connectivity index (χ0n) is 15.9. The number of ether oxygens (including phenoxy) is 2. The normalized spacial score (nSPS) is 35.3. The van der Waals surface area contributed by atoms with Crippen LogP contribution in [0.4, 0.5) is 0 Å². The molecule has 2 unspecified atom stereocenters. The summed E-state index contributed by atoms with van der Waals surface area (Å²) in [6.07, 6.45) is 6.56. The van der Waals surface area contributed by atoms with E-state index in [9.17, 15) is 4.79 Å². The highest BCUT2D eigenvalue weighted by Gasteiger charge is 2.72. The van der Waals surface area contributed by atoms with Crippen LogP contribution < -0.4 is 9.47 Å². The summed E-state index contributed by atoms with van der Waals surface area (Å²) in [5, 5.41) is 0. The molecule has 2 saturated carbocycles. The summed E-state index contributed by atoms with van der Waals surface area (Å²) in [6, 6.07) is 6.15. The predicted molar refractivity (Wildman–Crippen MR) is 98.2 cm³/mol. The van der Waals surface area contributed by atoms with E-state index < -0.39 is 0 Å². The second-order valence-corrected chi connectivity index (χ2v) is 8.80. The average Bonchev–Trinajstić information content (AvgIpc) is 3.01. The van der Waals surface area contributed by atoms with E-state index in [1.54, 1.807) is 14.2 Å². The lowest BCUT2D eigenvalue weighted by molar-refractivity contribution is -0.145. The summed E-state index contributed by atoms with van der Waals surface area (Å²) < 4.78 is 10.9. The number of allylic oxidation sites excluding steroid dienone is 2. The third-order valence-corrected chi connectivity index (χ3v) is 7.60. The van der Waals surface area contributed by atoms with E-state index in [0.717, 1.165) is 36.3 Å². The SMILES string of the molecule is COc1ccc([C@@H]2C3=CCC4(C3=O)C(C)(C)CCCC24C)cc1OC. The molecule has 0 radical (unpaired) electrons. The molecule has 3 nitrogen and oxygen atoms in total. The van der Waals surface area contributed by atoms with Crippen molar-refractivity contribution in [3.8, 4) is 11.5 Å². The topological polar surface area (TPSA) is 35.5 Å². The molecule has 3 aliphatic rings. The average molecular weight is 340 g/mol. The number of rotatable bonds is 3. The molecule has 1 aromatic carbocycles. The molecule has 2 bridgehead atoms. The molecule has 4 rings (SSSR count). The third kappa shape index (κ3) is 1.79. The zero-order chi connectivity index (χ0) is 18.0. The molecule has 0 saturated heterocycles. The Kier molecular flexibility index (Phi) is 3.42. The lowest BCUT2D eigenvalue weighted by Gasteiger charge is -2.57. The Morgan fingerprint density at radius 2 is 1.76 bits per heavy atom. The van der Waals surface area contributed by atoms with Gasteiger partial charge in [-0.2, -0.15) is 0 Å². The van der Waals surface area contributed by atoms with Gasteiger partial charge in [-0.05, 0) is 53.4 Å². The van der Waals surface area contributed by atoms with Gasteiger partial charge < -0.3 is 9.47 Å². The summed E-state index contributed by atoms with van der Waals surface area (Å²) in [4.78, 5) is 13.5. The van der Waals surface area contributed by atoms with Crippen molar-refractivity contribution in [2.45, 2.75) is 52.4 Å². The Morgan fingerprint density at radius 3 is 2.44 bits per heavy atom. The van der Waals surface area contributed by atoms with Gasteiger partial charge >= 0.3 is 0 Å². The van der Waals surface area contributed by atoms with E-state index in [-0.39, 0.29) is 22.2 Å². The minimum absolute atomic E-state index is 0.0183. The quantitative estimate of drug-likeness (QED) is 0.785. The van der Waals surface area contributed by atoms with Crippen LogP contribution in [0.25, 0.3) is 0 Å². The Hall–Kier alpha value is -1.77. The first-order chi connectivity index (χ1) is 11.8. The standard InChI is InChI=1S/C22H28O3/c1-20(2)10-6-11-21(3)18(15-9-12-22(20,21)19(15)23)14-7-8-16(24-4)17(13-14)25-5/h7-9,13,18H,6,10-12H2,1-5H3/t18-,21?,22?/m1/s1. The minimum atomic E-state index is -0.245. The number of methoxy groups -OCH3 is 2. The van der Waals surface area contributed by atoms with Crippen LogP contribution in [-0.4, -0.2) is 20.0 Å². The fourth-order valence-electron chi connectivity index (χ4n) is 6.43. The van der Waals surface area contributed by atoms with Gasteiger partial charge in [0.05, 0.1) is 14.2 Å². The molecule has 0 heterocycles. The van der Waals surface area contributed by atoms with Gasteiger partial charge in [0.1, 0.15) is 0 Å². The molecule has 0 aliphatic heterocycles. The zero-order valence-corrected chi connectivity index (χ0v) is 15.9. The maximum atomic E-state index is 13.5. The number of hydrogen-bond acceptors (Lipinski definition) is 3. The fraction of sp³-hybridized carbons (Fsp3) is 0.591. The lowest BCUT2D eigenvalue weighted by Crippen LogP contribution is -2.54. The van der Waals surface area contributed by atoms with E-state index in [2.05, 4.69) is 39.0 Å².